The van der Waals surface area contributed by atoms with Crippen molar-refractivity contribution >= 4 is 35.1 Å². The lowest BCUT2D eigenvalue weighted by Gasteiger charge is -2.35. The number of rotatable bonds is 2. The molecular weight excluding hydrogens is 469 g/mol. The Balaban J connectivity index is 0.000000553. The molecule has 1 aromatic carbocycles. The molecule has 0 spiro atoms. The van der Waals surface area contributed by atoms with Gasteiger partial charge in [-0.15, -0.1) is 0 Å². The van der Waals surface area contributed by atoms with Gasteiger partial charge in [0.1, 0.15) is 5.75 Å². The average Bonchev–Trinajstić information content (AvgIpc) is 2.62. The maximum Gasteiger partial charge on any atom is 0.490 e. The number of alkyl halides is 6. The Morgan fingerprint density at radius 2 is 1.47 bits per heavy atom. The van der Waals surface area contributed by atoms with Crippen LogP contribution in [0, 0.1) is 5.92 Å². The minimum atomic E-state index is -5.08. The Hall–Kier alpha value is -1.92. The van der Waals surface area contributed by atoms with Crippen LogP contribution in [0.5, 0.6) is 5.75 Å². The Labute approximate surface area is 176 Å². The highest BCUT2D eigenvalue weighted by Gasteiger charge is 2.43. The molecule has 1 atom stereocenters. The first-order valence-electron chi connectivity index (χ1n) is 8.15. The van der Waals surface area contributed by atoms with Gasteiger partial charge in [0.2, 0.25) is 0 Å². The number of phenols is 1. The summed E-state index contributed by atoms with van der Waals surface area (Å²) in [5.41, 5.74) is 6.50. The molecule has 2 rings (SSSR count). The van der Waals surface area contributed by atoms with Crippen LogP contribution in [-0.2, 0) is 9.59 Å². The highest BCUT2D eigenvalue weighted by Crippen LogP contribution is 2.38. The van der Waals surface area contributed by atoms with E-state index >= 15 is 0 Å². The number of aromatic hydroxyl groups is 1. The van der Waals surface area contributed by atoms with E-state index in [4.69, 9.17) is 38.8 Å². The van der Waals surface area contributed by atoms with Crippen LogP contribution in [0.3, 0.4) is 0 Å². The van der Waals surface area contributed by atoms with Crippen molar-refractivity contribution in [1.82, 2.24) is 4.90 Å². The van der Waals surface area contributed by atoms with Crippen LogP contribution in [0.1, 0.15) is 24.4 Å². The van der Waals surface area contributed by atoms with Crippen LogP contribution in [0.25, 0.3) is 0 Å². The van der Waals surface area contributed by atoms with Crippen molar-refractivity contribution in [2.75, 3.05) is 13.1 Å². The SMILES string of the molecule is NC(c1cc(Cl)c(Cl)cc1O)C1CCN(C(=O)C(F)(F)F)CC1.O=C(O)C(F)(F)F. The topological polar surface area (TPSA) is 104 Å². The van der Waals surface area contributed by atoms with Gasteiger partial charge in [0.05, 0.1) is 10.0 Å². The number of benzene rings is 1. The zero-order valence-electron chi connectivity index (χ0n) is 14.9. The first-order chi connectivity index (χ1) is 13.6. The molecule has 0 bridgehead atoms. The minimum absolute atomic E-state index is 0.0290. The van der Waals surface area contributed by atoms with Crippen molar-refractivity contribution in [2.24, 2.45) is 11.7 Å². The van der Waals surface area contributed by atoms with Gasteiger partial charge < -0.3 is 20.8 Å². The summed E-state index contributed by atoms with van der Waals surface area (Å²) in [6.45, 7) is -0.0579. The molecule has 1 unspecified atom stereocenters. The van der Waals surface area contributed by atoms with Crippen LogP contribution in [-0.4, -0.2) is 52.4 Å². The molecule has 30 heavy (non-hydrogen) atoms. The van der Waals surface area contributed by atoms with Gasteiger partial charge in [-0.25, -0.2) is 4.79 Å². The van der Waals surface area contributed by atoms with E-state index in [9.17, 15) is 36.2 Å². The molecule has 170 valence electrons. The number of phenolic OH excluding ortho intramolecular Hbond substituents is 1. The summed E-state index contributed by atoms with van der Waals surface area (Å²) in [4.78, 5) is 20.9. The Bertz CT molecular complexity index is 780. The Morgan fingerprint density at radius 1 is 1.03 bits per heavy atom. The van der Waals surface area contributed by atoms with Crippen LogP contribution in [0.4, 0.5) is 26.3 Å². The van der Waals surface area contributed by atoms with Crippen molar-refractivity contribution in [3.05, 3.63) is 27.7 Å². The monoisotopic (exact) mass is 484 g/mol. The molecule has 6 nitrogen and oxygen atoms in total. The number of likely N-dealkylation sites (tertiary alicyclic amines) is 1. The summed E-state index contributed by atoms with van der Waals surface area (Å²) in [6.07, 6.45) is -9.33. The van der Waals surface area contributed by atoms with Crippen molar-refractivity contribution < 1.29 is 46.1 Å². The molecule has 14 heteroatoms. The lowest BCUT2D eigenvalue weighted by Crippen LogP contribution is -2.46. The number of halogens is 8. The molecular formula is C16H16Cl2F6N2O4. The standard InChI is InChI=1S/C14H15Cl2F3N2O2.C2HF3O2/c15-9-5-8(11(22)6-10(9)16)12(20)7-1-3-21(4-2-7)13(23)14(17,18)19;3-2(4,5)1(6)7/h5-7,12,22H,1-4,20H2;(H,6,7). The average molecular weight is 485 g/mol. The molecule has 1 aliphatic heterocycles. The number of nitrogens with two attached hydrogens (primary N) is 1. The highest BCUT2D eigenvalue weighted by atomic mass is 35.5. The van der Waals surface area contributed by atoms with Crippen LogP contribution in [0.15, 0.2) is 12.1 Å². The van der Waals surface area contributed by atoms with E-state index in [0.29, 0.717) is 18.4 Å². The first-order valence-corrected chi connectivity index (χ1v) is 8.91. The van der Waals surface area contributed by atoms with E-state index in [1.54, 1.807) is 0 Å². The van der Waals surface area contributed by atoms with Gasteiger partial charge in [0.25, 0.3) is 0 Å². The summed E-state index contributed by atoms with van der Waals surface area (Å²) in [7, 11) is 0. The van der Waals surface area contributed by atoms with Gasteiger partial charge in [-0.2, -0.15) is 26.3 Å². The summed E-state index contributed by atoms with van der Waals surface area (Å²) >= 11 is 11.7. The molecule has 1 heterocycles. The lowest BCUT2D eigenvalue weighted by molar-refractivity contribution is -0.192. The van der Waals surface area contributed by atoms with Gasteiger partial charge in [-0.3, -0.25) is 4.79 Å². The maximum absolute atomic E-state index is 12.4. The third kappa shape index (κ3) is 7.10. The Morgan fingerprint density at radius 3 is 1.87 bits per heavy atom. The van der Waals surface area contributed by atoms with E-state index in [1.165, 1.54) is 12.1 Å². The molecule has 1 fully saturated rings. The number of carboxylic acids is 1. The highest BCUT2D eigenvalue weighted by molar-refractivity contribution is 6.42. The van der Waals surface area contributed by atoms with Gasteiger partial charge in [-0.05, 0) is 24.8 Å². The molecule has 0 aromatic heterocycles. The smallest absolute Gasteiger partial charge is 0.490 e. The second kappa shape index (κ2) is 9.92. The molecule has 0 aliphatic carbocycles. The van der Waals surface area contributed by atoms with Gasteiger partial charge in [0, 0.05) is 30.8 Å². The fraction of sp³-hybridized carbons (Fsp3) is 0.500. The van der Waals surface area contributed by atoms with Crippen LogP contribution < -0.4 is 5.73 Å². The first kappa shape index (κ1) is 26.1. The summed E-state index contributed by atoms with van der Waals surface area (Å²) in [5.74, 6) is -4.87. The van der Waals surface area contributed by atoms with E-state index in [0.717, 1.165) is 4.90 Å². The van der Waals surface area contributed by atoms with Crippen molar-refractivity contribution in [3.63, 3.8) is 0 Å². The summed E-state index contributed by atoms with van der Waals surface area (Å²) in [5, 5.41) is 17.5. The summed E-state index contributed by atoms with van der Waals surface area (Å²) < 4.78 is 69.0. The third-order valence-electron chi connectivity index (χ3n) is 4.25. The second-order valence-corrected chi connectivity index (χ2v) is 7.10. The van der Waals surface area contributed by atoms with Gasteiger partial charge >= 0.3 is 24.2 Å². The normalized spacial score (nSPS) is 16.5. The number of hydrogen-bond donors (Lipinski definition) is 3. The zero-order valence-corrected chi connectivity index (χ0v) is 16.4. The number of carbonyl (C=O) groups is 2. The molecule has 1 amide bonds. The Kier molecular flexibility index (Phi) is 8.64. The molecule has 1 aliphatic rings. The molecule has 4 N–H and O–H groups in total. The summed E-state index contributed by atoms with van der Waals surface area (Å²) in [6, 6.07) is 2.13. The number of aliphatic carboxylic acids is 1. The fourth-order valence-electron chi connectivity index (χ4n) is 2.71. The number of piperidine rings is 1. The van der Waals surface area contributed by atoms with Gasteiger partial charge in [0.15, 0.2) is 0 Å². The van der Waals surface area contributed by atoms with Crippen LogP contribution >= 0.6 is 23.2 Å². The quantitative estimate of drug-likeness (QED) is 0.547. The number of carbonyl (C=O) groups excluding carboxylic acids is 1. The minimum Gasteiger partial charge on any atom is -0.508 e. The largest absolute Gasteiger partial charge is 0.508 e. The van der Waals surface area contributed by atoms with Crippen molar-refractivity contribution in [3.8, 4) is 5.75 Å². The van der Waals surface area contributed by atoms with Crippen molar-refractivity contribution in [1.29, 1.82) is 0 Å². The number of carboxylic acid groups (broad SMARTS) is 1. The van der Waals surface area contributed by atoms with Crippen LogP contribution in [0.2, 0.25) is 10.0 Å². The predicted molar refractivity (Wildman–Crippen MR) is 94.1 cm³/mol. The number of amides is 1. The zero-order chi connectivity index (χ0) is 23.4. The fourth-order valence-corrected chi connectivity index (χ4v) is 3.04. The maximum atomic E-state index is 12.4. The lowest BCUT2D eigenvalue weighted by atomic mass is 9.85. The molecule has 0 radical (unpaired) electrons. The number of nitrogens with zero attached hydrogens (tertiary/aromatic N) is 1. The predicted octanol–water partition coefficient (Wildman–Crippen LogP) is 4.13. The van der Waals surface area contributed by atoms with Gasteiger partial charge in [-0.1, -0.05) is 23.2 Å². The molecule has 1 saturated heterocycles. The van der Waals surface area contributed by atoms with Crippen molar-refractivity contribution in [2.45, 2.75) is 31.2 Å². The van der Waals surface area contributed by atoms with E-state index in [2.05, 4.69) is 0 Å². The number of hydrogen-bond acceptors (Lipinski definition) is 4. The van der Waals surface area contributed by atoms with E-state index in [1.807, 2.05) is 0 Å². The molecule has 0 saturated carbocycles. The molecule has 1 aromatic rings. The third-order valence-corrected chi connectivity index (χ3v) is 4.97. The van der Waals surface area contributed by atoms with E-state index < -0.39 is 30.3 Å². The van der Waals surface area contributed by atoms with E-state index in [-0.39, 0.29) is 34.8 Å². The second-order valence-electron chi connectivity index (χ2n) is 6.28.